The Morgan fingerprint density at radius 2 is 1.13 bits per heavy atom. The predicted molar refractivity (Wildman–Crippen MR) is 194 cm³/mol. The third-order valence-corrected chi connectivity index (χ3v) is 7.02. The van der Waals surface area contributed by atoms with Crippen LogP contribution in [0, 0.1) is 0 Å². The Morgan fingerprint density at radius 3 is 1.74 bits per heavy atom. The Morgan fingerprint density at radius 1 is 0.609 bits per heavy atom. The van der Waals surface area contributed by atoms with Crippen LogP contribution >= 0.6 is 0 Å². The minimum atomic E-state index is -1.06. The van der Waals surface area contributed by atoms with Crippen LogP contribution in [0.1, 0.15) is 136 Å². The first-order chi connectivity index (χ1) is 22.5. The minimum Gasteiger partial charge on any atom is -0.480 e. The maximum Gasteiger partial charge on any atom is 0.322 e. The Kier molecular flexibility index (Phi) is 31.9. The van der Waals surface area contributed by atoms with Crippen molar-refractivity contribution in [3.05, 3.63) is 85.1 Å². The average molecular weight is 638 g/mol. The number of carboxylic acids is 1. The van der Waals surface area contributed by atoms with E-state index in [1.807, 2.05) is 12.2 Å². The lowest BCUT2D eigenvalue weighted by atomic mass is 10.1. The predicted octanol–water partition coefficient (Wildman–Crippen LogP) is 10.4. The molecule has 0 aliphatic carbocycles. The van der Waals surface area contributed by atoms with E-state index in [1.54, 1.807) is 0 Å². The van der Waals surface area contributed by atoms with Gasteiger partial charge in [0.05, 0.1) is 0 Å². The third-order valence-electron chi connectivity index (χ3n) is 7.02. The molecule has 6 nitrogen and oxygen atoms in total. The normalized spacial score (nSPS) is 13.1. The highest BCUT2D eigenvalue weighted by atomic mass is 16.5. The molecule has 0 radical (unpaired) electrons. The van der Waals surface area contributed by atoms with Crippen LogP contribution in [-0.2, 0) is 19.1 Å². The van der Waals surface area contributed by atoms with E-state index in [9.17, 15) is 14.4 Å². The molecule has 0 fully saturated rings. The summed E-state index contributed by atoms with van der Waals surface area (Å²) < 4.78 is 5.79. The molecule has 0 aromatic carbocycles. The van der Waals surface area contributed by atoms with Gasteiger partial charge in [0, 0.05) is 12.8 Å². The van der Waals surface area contributed by atoms with E-state index in [4.69, 9.17) is 9.84 Å². The Bertz CT molecular complexity index is 970. The lowest BCUT2D eigenvalue weighted by Crippen LogP contribution is -2.28. The van der Waals surface area contributed by atoms with Crippen molar-refractivity contribution in [2.24, 2.45) is 0 Å². The van der Waals surface area contributed by atoms with E-state index >= 15 is 0 Å². The van der Waals surface area contributed by atoms with Crippen molar-refractivity contribution in [1.82, 2.24) is 5.32 Å². The van der Waals surface area contributed by atoms with Crippen molar-refractivity contribution < 1.29 is 24.2 Å². The zero-order valence-electron chi connectivity index (χ0n) is 28.9. The van der Waals surface area contributed by atoms with Crippen LogP contribution in [0.15, 0.2) is 85.1 Å². The summed E-state index contributed by atoms with van der Waals surface area (Å²) in [5.41, 5.74) is 0. The fourth-order valence-electron chi connectivity index (χ4n) is 4.44. The van der Waals surface area contributed by atoms with Gasteiger partial charge in [-0.15, -0.1) is 0 Å². The van der Waals surface area contributed by atoms with E-state index in [-0.39, 0.29) is 30.9 Å². The van der Waals surface area contributed by atoms with Crippen molar-refractivity contribution in [3.63, 3.8) is 0 Å². The first kappa shape index (κ1) is 42.6. The smallest absolute Gasteiger partial charge is 0.322 e. The molecule has 46 heavy (non-hydrogen) atoms. The van der Waals surface area contributed by atoms with Crippen LogP contribution in [0.2, 0.25) is 0 Å². The highest BCUT2D eigenvalue weighted by Crippen LogP contribution is 2.13. The topological polar surface area (TPSA) is 92.7 Å². The molecule has 1 atom stereocenters. The monoisotopic (exact) mass is 637 g/mol. The zero-order chi connectivity index (χ0) is 33.8. The van der Waals surface area contributed by atoms with Gasteiger partial charge in [-0.05, 0) is 89.5 Å². The van der Waals surface area contributed by atoms with Crippen LogP contribution in [0.3, 0.4) is 0 Å². The summed E-state index contributed by atoms with van der Waals surface area (Å²) in [6, 6.07) is 0. The standard InChI is InChI=1S/C40H63NO5/c1-3-5-7-9-11-13-15-17-19-20-22-24-26-28-32-37(33-30-31-34-38(42)41-36-39(43)44)46-40(45)35-29-27-25-23-21-18-16-14-12-10-8-6-4-2/h5,7-8,10-11,13-14,16-17,19,22,24,28,32,37H,3-4,6,9,12,15,18,20-21,23,25-27,29-31,33-36H2,1-2H3,(H,41,42)(H,43,44)/b7-5-,10-8-,13-11-,16-14-,19-17-,24-22-,32-28-. The van der Waals surface area contributed by atoms with Gasteiger partial charge in [0.15, 0.2) is 0 Å². The molecule has 0 saturated heterocycles. The minimum absolute atomic E-state index is 0.177. The van der Waals surface area contributed by atoms with E-state index in [1.165, 1.54) is 19.3 Å². The molecule has 1 amide bonds. The molecule has 0 aliphatic heterocycles. The molecule has 0 aromatic rings. The number of amides is 1. The van der Waals surface area contributed by atoms with Crippen LogP contribution < -0.4 is 5.32 Å². The quantitative estimate of drug-likeness (QED) is 0.0464. The van der Waals surface area contributed by atoms with Gasteiger partial charge in [0.1, 0.15) is 12.6 Å². The van der Waals surface area contributed by atoms with Crippen molar-refractivity contribution in [2.45, 2.75) is 142 Å². The molecule has 0 spiro atoms. The van der Waals surface area contributed by atoms with Crippen LogP contribution in [-0.4, -0.2) is 35.6 Å². The first-order valence-corrected chi connectivity index (χ1v) is 17.7. The average Bonchev–Trinajstić information content (AvgIpc) is 3.04. The van der Waals surface area contributed by atoms with E-state index in [0.717, 1.165) is 70.6 Å². The summed E-state index contributed by atoms with van der Waals surface area (Å²) in [7, 11) is 0. The molecule has 0 bridgehead atoms. The summed E-state index contributed by atoms with van der Waals surface area (Å²) in [4.78, 5) is 35.0. The van der Waals surface area contributed by atoms with Crippen LogP contribution in [0.5, 0.6) is 0 Å². The van der Waals surface area contributed by atoms with Gasteiger partial charge < -0.3 is 15.2 Å². The maximum absolute atomic E-state index is 12.6. The second-order valence-electron chi connectivity index (χ2n) is 11.4. The van der Waals surface area contributed by atoms with Crippen molar-refractivity contribution >= 4 is 17.8 Å². The van der Waals surface area contributed by atoms with Gasteiger partial charge in [-0.25, -0.2) is 0 Å². The summed E-state index contributed by atoms with van der Waals surface area (Å²) >= 11 is 0. The number of hydrogen-bond acceptors (Lipinski definition) is 4. The molecular weight excluding hydrogens is 574 g/mol. The Labute approximate surface area is 280 Å². The number of carbonyl (C=O) groups excluding carboxylic acids is 2. The lowest BCUT2D eigenvalue weighted by molar-refractivity contribution is -0.147. The third kappa shape index (κ3) is 33.5. The van der Waals surface area contributed by atoms with Gasteiger partial charge in [-0.3, -0.25) is 14.4 Å². The molecule has 0 aliphatic rings. The second-order valence-corrected chi connectivity index (χ2v) is 11.4. The van der Waals surface area contributed by atoms with Crippen molar-refractivity contribution in [2.75, 3.05) is 6.54 Å². The SMILES string of the molecule is CC/C=C\C/C=C\C/C=C\C/C=C\C/C=C\C(CCCCC(=O)NCC(=O)O)OC(=O)CCCCCCC/C=C\C/C=C\CCC. The first-order valence-electron chi connectivity index (χ1n) is 17.7. The summed E-state index contributed by atoms with van der Waals surface area (Å²) in [5.74, 6) is -1.51. The number of carbonyl (C=O) groups is 3. The highest BCUT2D eigenvalue weighted by molar-refractivity contribution is 5.80. The molecule has 0 heterocycles. The maximum atomic E-state index is 12.6. The number of esters is 1. The number of hydrogen-bond donors (Lipinski definition) is 2. The van der Waals surface area contributed by atoms with Gasteiger partial charge in [-0.2, -0.15) is 0 Å². The highest BCUT2D eigenvalue weighted by Gasteiger charge is 2.12. The Hall–Kier alpha value is -3.41. The fourth-order valence-corrected chi connectivity index (χ4v) is 4.44. The lowest BCUT2D eigenvalue weighted by Gasteiger charge is -2.14. The molecule has 0 rings (SSSR count). The van der Waals surface area contributed by atoms with E-state index in [2.05, 4.69) is 92.1 Å². The van der Waals surface area contributed by atoms with Gasteiger partial charge in [0.25, 0.3) is 0 Å². The number of rotatable bonds is 30. The number of allylic oxidation sites excluding steroid dienone is 13. The van der Waals surface area contributed by atoms with Gasteiger partial charge in [0.2, 0.25) is 5.91 Å². The fraction of sp³-hybridized carbons (Fsp3) is 0.575. The molecule has 1 unspecified atom stereocenters. The van der Waals surface area contributed by atoms with Gasteiger partial charge in [-0.1, -0.05) is 119 Å². The Balaban J connectivity index is 4.44. The second kappa shape index (κ2) is 34.5. The number of unbranched alkanes of at least 4 members (excludes halogenated alkanes) is 7. The molecule has 2 N–H and O–H groups in total. The van der Waals surface area contributed by atoms with E-state index < -0.39 is 5.97 Å². The molecule has 6 heteroatoms. The molecular formula is C40H63NO5. The largest absolute Gasteiger partial charge is 0.480 e. The van der Waals surface area contributed by atoms with Crippen molar-refractivity contribution in [3.8, 4) is 0 Å². The van der Waals surface area contributed by atoms with Crippen LogP contribution in [0.25, 0.3) is 0 Å². The molecule has 258 valence electrons. The summed E-state index contributed by atoms with van der Waals surface area (Å²) in [5, 5.41) is 11.1. The number of nitrogens with one attached hydrogen (secondary N) is 1. The summed E-state index contributed by atoms with van der Waals surface area (Å²) in [6.45, 7) is 3.96. The summed E-state index contributed by atoms with van der Waals surface area (Å²) in [6.07, 6.45) is 47.0. The van der Waals surface area contributed by atoms with Crippen LogP contribution in [0.4, 0.5) is 0 Å². The van der Waals surface area contributed by atoms with Crippen molar-refractivity contribution in [1.29, 1.82) is 0 Å². The number of aliphatic carboxylic acids is 1. The molecule has 0 saturated carbocycles. The molecule has 0 aromatic heterocycles. The van der Waals surface area contributed by atoms with Gasteiger partial charge >= 0.3 is 11.9 Å². The number of carboxylic acid groups (broad SMARTS) is 1. The number of ether oxygens (including phenoxy) is 1. The van der Waals surface area contributed by atoms with E-state index in [0.29, 0.717) is 25.7 Å². The zero-order valence-corrected chi connectivity index (χ0v) is 28.9.